The van der Waals surface area contributed by atoms with Crippen LogP contribution in [-0.2, 0) is 0 Å². The summed E-state index contributed by atoms with van der Waals surface area (Å²) in [4.78, 5) is 18.8. The minimum absolute atomic E-state index is 0.169. The van der Waals surface area contributed by atoms with Crippen molar-refractivity contribution in [3.63, 3.8) is 0 Å². The minimum atomic E-state index is -0.587. The normalized spacial score (nSPS) is 13.3. The number of hydrogen-bond donors (Lipinski definition) is 1. The number of allylic oxidation sites excluding steroid dienone is 4. The quantitative estimate of drug-likeness (QED) is 0.309. The molecule has 0 spiro atoms. The van der Waals surface area contributed by atoms with Crippen LogP contribution >= 0.6 is 22.9 Å². The molecular weight excluding hydrogens is 486 g/mol. The number of rotatable bonds is 9. The van der Waals surface area contributed by atoms with Gasteiger partial charge in [-0.25, -0.2) is 4.39 Å². The van der Waals surface area contributed by atoms with Gasteiger partial charge in [0, 0.05) is 38.2 Å². The molecule has 29 heavy (non-hydrogen) atoms. The van der Waals surface area contributed by atoms with E-state index in [0.717, 1.165) is 11.4 Å². The molecule has 8 heteroatoms. The molecule has 0 saturated heterocycles. The van der Waals surface area contributed by atoms with Crippen LogP contribution in [0.5, 0.6) is 0 Å². The molecular formula is C21H26FIN4O2. The number of halogens is 2. The maximum atomic E-state index is 13.0. The van der Waals surface area contributed by atoms with Crippen molar-refractivity contribution in [1.82, 2.24) is 12.7 Å². The number of likely N-dealkylation sites (N-methyl/N-ethyl adjacent to an activating group) is 1. The van der Waals surface area contributed by atoms with Crippen LogP contribution in [0.25, 0.3) is 5.70 Å². The van der Waals surface area contributed by atoms with Crippen molar-refractivity contribution in [2.75, 3.05) is 25.0 Å². The Labute approximate surface area is 184 Å². The molecule has 0 bridgehead atoms. The molecule has 1 amide bonds. The van der Waals surface area contributed by atoms with E-state index < -0.39 is 6.10 Å². The molecule has 0 aromatic carbocycles. The van der Waals surface area contributed by atoms with Crippen molar-refractivity contribution in [2.24, 2.45) is 0 Å². The lowest BCUT2D eigenvalue weighted by Crippen LogP contribution is -2.32. The number of hydrogen-bond acceptors (Lipinski definition) is 4. The summed E-state index contributed by atoms with van der Waals surface area (Å²) < 4.78 is 16.2. The number of anilines is 1. The molecule has 0 aliphatic heterocycles. The highest BCUT2D eigenvalue weighted by atomic mass is 127. The van der Waals surface area contributed by atoms with Crippen LogP contribution in [0.2, 0.25) is 0 Å². The van der Waals surface area contributed by atoms with E-state index in [1.807, 2.05) is 53.9 Å². The van der Waals surface area contributed by atoms with Gasteiger partial charge in [0.15, 0.2) is 0 Å². The van der Waals surface area contributed by atoms with Crippen molar-refractivity contribution >= 4 is 40.2 Å². The Morgan fingerprint density at radius 2 is 2.10 bits per heavy atom. The van der Waals surface area contributed by atoms with Crippen LogP contribution in [0.3, 0.4) is 0 Å². The fraction of sp³-hybridized carbons (Fsp3) is 0.333. The summed E-state index contributed by atoms with van der Waals surface area (Å²) in [5.41, 5.74) is 2.14. The van der Waals surface area contributed by atoms with E-state index in [1.54, 1.807) is 44.5 Å². The smallest absolute Gasteiger partial charge is 0.279 e. The summed E-state index contributed by atoms with van der Waals surface area (Å²) >= 11 is 1.96. The van der Waals surface area contributed by atoms with Crippen LogP contribution < -0.4 is 4.90 Å². The van der Waals surface area contributed by atoms with E-state index in [-0.39, 0.29) is 11.7 Å². The number of carbonyl (C=O) groups excluding carboxylic acids is 1. The first kappa shape index (κ1) is 23.1. The third kappa shape index (κ3) is 6.97. The third-order valence-electron chi connectivity index (χ3n) is 4.35. The van der Waals surface area contributed by atoms with Gasteiger partial charge in [-0.3, -0.25) is 12.9 Å². The highest BCUT2D eigenvalue weighted by Gasteiger charge is 2.19. The molecule has 0 fully saturated rings. The first-order chi connectivity index (χ1) is 13.8. The van der Waals surface area contributed by atoms with Crippen LogP contribution in [0.4, 0.5) is 10.1 Å². The van der Waals surface area contributed by atoms with Gasteiger partial charge in [-0.2, -0.15) is 0 Å². The standard InChI is InChI=1S/C21H26FIN4O2/c1-16(22)8-9-17(2)26-12-5-7-20(26)21(29)27(23)13-10-19(28)15-25(3)18-6-4-11-24-14-18/h4-9,11-12,14,19,28H,10,13,15H2,1-3H3/b16-8+,17-9+/t19-/m1/s1. The Morgan fingerprint density at radius 3 is 2.76 bits per heavy atom. The second-order valence-corrected chi connectivity index (χ2v) is 7.91. The summed E-state index contributed by atoms with van der Waals surface area (Å²) in [5, 5.41) is 10.3. The molecule has 2 heterocycles. The molecule has 2 rings (SSSR count). The number of aliphatic hydroxyl groups is 1. The largest absolute Gasteiger partial charge is 0.391 e. The van der Waals surface area contributed by atoms with Gasteiger partial charge in [0.25, 0.3) is 5.91 Å². The minimum Gasteiger partial charge on any atom is -0.391 e. The van der Waals surface area contributed by atoms with Crippen molar-refractivity contribution < 1.29 is 14.3 Å². The van der Waals surface area contributed by atoms with Gasteiger partial charge in [0.05, 0.1) is 46.7 Å². The maximum absolute atomic E-state index is 13.0. The summed E-state index contributed by atoms with van der Waals surface area (Å²) in [6.45, 7) is 4.03. The fourth-order valence-electron chi connectivity index (χ4n) is 2.76. The average molecular weight is 512 g/mol. The van der Waals surface area contributed by atoms with Gasteiger partial charge < -0.3 is 14.6 Å². The average Bonchev–Trinajstić information content (AvgIpc) is 3.20. The van der Waals surface area contributed by atoms with Gasteiger partial charge in [0.1, 0.15) is 5.69 Å². The lowest BCUT2D eigenvalue weighted by molar-refractivity contribution is 0.0864. The Bertz CT molecular complexity index is 863. The molecule has 2 aromatic rings. The number of nitrogens with zero attached hydrogens (tertiary/aromatic N) is 4. The molecule has 0 aliphatic carbocycles. The number of pyridine rings is 1. The Kier molecular flexibility index (Phi) is 8.84. The predicted octanol–water partition coefficient (Wildman–Crippen LogP) is 4.30. The van der Waals surface area contributed by atoms with Crippen LogP contribution in [0, 0.1) is 0 Å². The molecule has 0 unspecified atom stereocenters. The third-order valence-corrected chi connectivity index (χ3v) is 5.27. The molecule has 2 aromatic heterocycles. The van der Waals surface area contributed by atoms with E-state index in [2.05, 4.69) is 4.98 Å². The highest BCUT2D eigenvalue weighted by Crippen LogP contribution is 2.17. The van der Waals surface area contributed by atoms with Crippen LogP contribution in [-0.4, -0.2) is 49.9 Å². The van der Waals surface area contributed by atoms with Gasteiger partial charge >= 0.3 is 0 Å². The van der Waals surface area contributed by atoms with E-state index in [9.17, 15) is 14.3 Å². The number of amides is 1. The van der Waals surface area contributed by atoms with Gasteiger partial charge in [-0.1, -0.05) is 0 Å². The zero-order valence-corrected chi connectivity index (χ0v) is 19.0. The van der Waals surface area contributed by atoms with Crippen molar-refractivity contribution in [1.29, 1.82) is 0 Å². The van der Waals surface area contributed by atoms with Crippen molar-refractivity contribution in [2.45, 2.75) is 26.4 Å². The Morgan fingerprint density at radius 1 is 1.34 bits per heavy atom. The predicted molar refractivity (Wildman–Crippen MR) is 122 cm³/mol. The topological polar surface area (TPSA) is 61.6 Å². The molecule has 1 N–H and O–H groups in total. The zero-order chi connectivity index (χ0) is 21.4. The Hall–Kier alpha value is -2.20. The lowest BCUT2D eigenvalue weighted by atomic mass is 10.2. The number of carbonyl (C=O) groups is 1. The van der Waals surface area contributed by atoms with Crippen LogP contribution in [0.1, 0.15) is 30.8 Å². The molecule has 1 atom stereocenters. The lowest BCUT2D eigenvalue weighted by Gasteiger charge is -2.23. The fourth-order valence-corrected chi connectivity index (χ4v) is 3.28. The first-order valence-corrected chi connectivity index (χ1v) is 10.2. The summed E-state index contributed by atoms with van der Waals surface area (Å²) in [7, 11) is 1.89. The zero-order valence-electron chi connectivity index (χ0n) is 16.8. The van der Waals surface area contributed by atoms with E-state index in [0.29, 0.717) is 25.2 Å². The molecule has 0 radical (unpaired) electrons. The van der Waals surface area contributed by atoms with Gasteiger partial charge in [-0.15, -0.1) is 0 Å². The molecule has 6 nitrogen and oxygen atoms in total. The second-order valence-electron chi connectivity index (χ2n) is 6.75. The van der Waals surface area contributed by atoms with E-state index in [1.165, 1.54) is 13.0 Å². The van der Waals surface area contributed by atoms with Crippen molar-refractivity contribution in [3.05, 3.63) is 66.5 Å². The summed E-state index contributed by atoms with van der Waals surface area (Å²) in [6, 6.07) is 7.28. The van der Waals surface area contributed by atoms with E-state index >= 15 is 0 Å². The molecule has 0 saturated carbocycles. The highest BCUT2D eigenvalue weighted by molar-refractivity contribution is 14.1. The van der Waals surface area contributed by atoms with Gasteiger partial charge in [-0.05, 0) is 56.7 Å². The number of aromatic nitrogens is 2. The monoisotopic (exact) mass is 512 g/mol. The van der Waals surface area contributed by atoms with Gasteiger partial charge in [0.2, 0.25) is 0 Å². The van der Waals surface area contributed by atoms with Crippen molar-refractivity contribution in [3.8, 4) is 0 Å². The maximum Gasteiger partial charge on any atom is 0.279 e. The SMILES string of the molecule is C/C(F)=C\C=C(/C)n1cccc1C(=O)N(I)CC[C@@H](O)CN(C)c1cccnc1. The summed E-state index contributed by atoms with van der Waals surface area (Å²) in [5.74, 6) is -0.470. The molecule has 0 aliphatic rings. The van der Waals surface area contributed by atoms with E-state index in [4.69, 9.17) is 0 Å². The number of aliphatic hydroxyl groups excluding tert-OH is 1. The second kappa shape index (κ2) is 11.1. The Balaban J connectivity index is 1.94. The summed E-state index contributed by atoms with van der Waals surface area (Å²) in [6.07, 6.45) is 8.06. The molecule has 156 valence electrons. The van der Waals surface area contributed by atoms with Crippen LogP contribution in [0.15, 0.2) is 60.8 Å². The first-order valence-electron chi connectivity index (χ1n) is 9.25.